The lowest BCUT2D eigenvalue weighted by Gasteiger charge is -2.31. The number of rotatable bonds is 6. The highest BCUT2D eigenvalue weighted by molar-refractivity contribution is 5.76. The Hall–Kier alpha value is -0.570. The fourth-order valence-corrected chi connectivity index (χ4v) is 1.64. The molecule has 0 aromatic heterocycles. The average molecular weight is 214 g/mol. The molecule has 3 nitrogen and oxygen atoms in total. The number of epoxide rings is 1. The highest BCUT2D eigenvalue weighted by atomic mass is 16.6. The Bertz CT molecular complexity index is 223. The van der Waals surface area contributed by atoms with E-state index < -0.39 is 0 Å². The minimum atomic E-state index is -0.344. The number of hydrogen-bond donors (Lipinski definition) is 0. The van der Waals surface area contributed by atoms with Crippen molar-refractivity contribution in [1.29, 1.82) is 0 Å². The van der Waals surface area contributed by atoms with Gasteiger partial charge in [0, 0.05) is 0 Å². The lowest BCUT2D eigenvalue weighted by Crippen LogP contribution is -2.36. The van der Waals surface area contributed by atoms with Gasteiger partial charge in [-0.05, 0) is 19.3 Å². The fourth-order valence-electron chi connectivity index (χ4n) is 1.64. The summed E-state index contributed by atoms with van der Waals surface area (Å²) in [4.78, 5) is 12.0. The minimum absolute atomic E-state index is 0.0742. The molecule has 0 N–H and O–H groups in total. The number of ether oxygens (including phenoxy) is 2. The van der Waals surface area contributed by atoms with Crippen LogP contribution in [0.1, 0.15) is 40.5 Å². The molecule has 3 unspecified atom stereocenters. The van der Waals surface area contributed by atoms with Gasteiger partial charge in [0.05, 0.1) is 12.0 Å². The lowest BCUT2D eigenvalue weighted by molar-refractivity contribution is -0.159. The SMILES string of the molecule is CCC(C)C(C)(CC)C(=O)OCC1CO1. The summed E-state index contributed by atoms with van der Waals surface area (Å²) in [6.07, 6.45) is 1.98. The molecule has 3 atom stereocenters. The van der Waals surface area contributed by atoms with Gasteiger partial charge in [-0.2, -0.15) is 0 Å². The summed E-state index contributed by atoms with van der Waals surface area (Å²) in [7, 11) is 0. The monoisotopic (exact) mass is 214 g/mol. The highest BCUT2D eigenvalue weighted by Crippen LogP contribution is 2.34. The van der Waals surface area contributed by atoms with Gasteiger partial charge >= 0.3 is 5.97 Å². The Labute approximate surface area is 92.1 Å². The molecular formula is C12H22O3. The number of carbonyl (C=O) groups excluding carboxylic acids is 1. The minimum Gasteiger partial charge on any atom is -0.462 e. The van der Waals surface area contributed by atoms with Crippen molar-refractivity contribution in [3.8, 4) is 0 Å². The van der Waals surface area contributed by atoms with Crippen molar-refractivity contribution in [2.75, 3.05) is 13.2 Å². The molecule has 0 aliphatic carbocycles. The molecule has 1 aliphatic heterocycles. The zero-order valence-electron chi connectivity index (χ0n) is 10.2. The van der Waals surface area contributed by atoms with Gasteiger partial charge in [-0.15, -0.1) is 0 Å². The summed E-state index contributed by atoms with van der Waals surface area (Å²) >= 11 is 0. The molecule has 1 fully saturated rings. The molecule has 0 aromatic carbocycles. The molecular weight excluding hydrogens is 192 g/mol. The molecule has 1 saturated heterocycles. The van der Waals surface area contributed by atoms with E-state index in [1.807, 2.05) is 13.8 Å². The van der Waals surface area contributed by atoms with E-state index in [-0.39, 0.29) is 17.5 Å². The molecule has 1 aliphatic rings. The average Bonchev–Trinajstić information content (AvgIpc) is 3.07. The Morgan fingerprint density at radius 2 is 2.20 bits per heavy atom. The first kappa shape index (κ1) is 12.5. The molecule has 15 heavy (non-hydrogen) atoms. The molecule has 3 heteroatoms. The molecule has 1 rings (SSSR count). The third kappa shape index (κ3) is 2.94. The third-order valence-corrected chi connectivity index (χ3v) is 3.70. The van der Waals surface area contributed by atoms with Crippen molar-refractivity contribution in [2.45, 2.75) is 46.6 Å². The molecule has 1 heterocycles. The van der Waals surface area contributed by atoms with Crippen LogP contribution in [0.5, 0.6) is 0 Å². The largest absolute Gasteiger partial charge is 0.462 e. The Kier molecular flexibility index (Phi) is 4.14. The van der Waals surface area contributed by atoms with Gasteiger partial charge in [-0.25, -0.2) is 0 Å². The van der Waals surface area contributed by atoms with Gasteiger partial charge in [0.25, 0.3) is 0 Å². The van der Waals surface area contributed by atoms with Crippen LogP contribution in [0.4, 0.5) is 0 Å². The van der Waals surface area contributed by atoms with Crippen molar-refractivity contribution < 1.29 is 14.3 Å². The van der Waals surface area contributed by atoms with Crippen LogP contribution < -0.4 is 0 Å². The van der Waals surface area contributed by atoms with Crippen LogP contribution in [-0.4, -0.2) is 25.3 Å². The number of esters is 1. The van der Waals surface area contributed by atoms with E-state index in [1.165, 1.54) is 0 Å². The van der Waals surface area contributed by atoms with E-state index in [4.69, 9.17) is 9.47 Å². The predicted molar refractivity (Wildman–Crippen MR) is 58.6 cm³/mol. The van der Waals surface area contributed by atoms with Gasteiger partial charge in [0.15, 0.2) is 0 Å². The topological polar surface area (TPSA) is 38.8 Å². The molecule has 0 bridgehead atoms. The van der Waals surface area contributed by atoms with E-state index >= 15 is 0 Å². The van der Waals surface area contributed by atoms with Crippen LogP contribution in [0.3, 0.4) is 0 Å². The molecule has 0 amide bonds. The Balaban J connectivity index is 2.49. The Morgan fingerprint density at radius 1 is 1.60 bits per heavy atom. The number of hydrogen-bond acceptors (Lipinski definition) is 3. The van der Waals surface area contributed by atoms with Crippen LogP contribution in [0, 0.1) is 11.3 Å². The van der Waals surface area contributed by atoms with Gasteiger partial charge in [-0.3, -0.25) is 4.79 Å². The molecule has 88 valence electrons. The summed E-state index contributed by atoms with van der Waals surface area (Å²) in [5, 5.41) is 0. The normalized spacial score (nSPS) is 25.5. The molecule has 0 radical (unpaired) electrons. The van der Waals surface area contributed by atoms with Gasteiger partial charge in [-0.1, -0.05) is 27.2 Å². The van der Waals surface area contributed by atoms with Crippen molar-refractivity contribution in [1.82, 2.24) is 0 Å². The first-order valence-electron chi connectivity index (χ1n) is 5.83. The Morgan fingerprint density at radius 3 is 2.60 bits per heavy atom. The van der Waals surface area contributed by atoms with Crippen LogP contribution in [0.15, 0.2) is 0 Å². The second-order valence-electron chi connectivity index (χ2n) is 4.63. The fraction of sp³-hybridized carbons (Fsp3) is 0.917. The van der Waals surface area contributed by atoms with E-state index in [2.05, 4.69) is 13.8 Å². The summed E-state index contributed by atoms with van der Waals surface area (Å²) in [5.41, 5.74) is -0.344. The number of carbonyl (C=O) groups is 1. The van der Waals surface area contributed by atoms with Gasteiger partial charge in [0.1, 0.15) is 12.7 Å². The van der Waals surface area contributed by atoms with Crippen LogP contribution >= 0.6 is 0 Å². The van der Waals surface area contributed by atoms with Crippen molar-refractivity contribution in [2.24, 2.45) is 11.3 Å². The predicted octanol–water partition coefficient (Wildman–Crippen LogP) is 2.39. The summed E-state index contributed by atoms with van der Waals surface area (Å²) < 4.78 is 10.3. The van der Waals surface area contributed by atoms with Crippen LogP contribution in [0.2, 0.25) is 0 Å². The van der Waals surface area contributed by atoms with Gasteiger partial charge < -0.3 is 9.47 Å². The maximum Gasteiger partial charge on any atom is 0.312 e. The van der Waals surface area contributed by atoms with E-state index in [0.717, 1.165) is 19.4 Å². The first-order chi connectivity index (χ1) is 7.04. The first-order valence-corrected chi connectivity index (χ1v) is 5.83. The van der Waals surface area contributed by atoms with Crippen LogP contribution in [-0.2, 0) is 14.3 Å². The highest BCUT2D eigenvalue weighted by Gasteiger charge is 2.38. The lowest BCUT2D eigenvalue weighted by atomic mass is 9.74. The second kappa shape index (κ2) is 4.97. The van der Waals surface area contributed by atoms with Crippen LogP contribution in [0.25, 0.3) is 0 Å². The maximum absolute atomic E-state index is 12.0. The van der Waals surface area contributed by atoms with E-state index in [0.29, 0.717) is 12.5 Å². The standard InChI is InChI=1S/C12H22O3/c1-5-9(3)12(4,6-2)11(13)15-8-10-7-14-10/h9-10H,5-8H2,1-4H3. The van der Waals surface area contributed by atoms with Crippen molar-refractivity contribution >= 4 is 5.97 Å². The van der Waals surface area contributed by atoms with E-state index in [1.54, 1.807) is 0 Å². The van der Waals surface area contributed by atoms with Crippen molar-refractivity contribution in [3.63, 3.8) is 0 Å². The molecule has 0 spiro atoms. The summed E-state index contributed by atoms with van der Waals surface area (Å²) in [5.74, 6) is 0.282. The van der Waals surface area contributed by atoms with E-state index in [9.17, 15) is 4.79 Å². The quantitative estimate of drug-likeness (QED) is 0.503. The smallest absolute Gasteiger partial charge is 0.312 e. The maximum atomic E-state index is 12.0. The molecule has 0 aromatic rings. The summed E-state index contributed by atoms with van der Waals surface area (Å²) in [6.45, 7) is 9.41. The zero-order chi connectivity index (χ0) is 11.5. The van der Waals surface area contributed by atoms with Crippen molar-refractivity contribution in [3.05, 3.63) is 0 Å². The summed E-state index contributed by atoms with van der Waals surface area (Å²) in [6, 6.07) is 0. The zero-order valence-corrected chi connectivity index (χ0v) is 10.2. The van der Waals surface area contributed by atoms with Gasteiger partial charge in [0.2, 0.25) is 0 Å². The third-order valence-electron chi connectivity index (χ3n) is 3.70. The molecule has 0 saturated carbocycles. The second-order valence-corrected chi connectivity index (χ2v) is 4.63.